The number of nitrogens with one attached hydrogen (secondary N) is 1. The van der Waals surface area contributed by atoms with E-state index in [4.69, 9.17) is 16.3 Å². The van der Waals surface area contributed by atoms with Gasteiger partial charge < -0.3 is 9.64 Å². The number of rotatable bonds is 5. The van der Waals surface area contributed by atoms with Crippen LogP contribution in [0, 0.1) is 5.82 Å². The zero-order valence-electron chi connectivity index (χ0n) is 13.3. The van der Waals surface area contributed by atoms with Crippen molar-refractivity contribution in [3.05, 3.63) is 34.4 Å². The third-order valence-corrected chi connectivity index (χ3v) is 4.76. The summed E-state index contributed by atoms with van der Waals surface area (Å²) >= 11 is 7.02. The van der Waals surface area contributed by atoms with Crippen molar-refractivity contribution in [2.45, 2.75) is 13.0 Å². The minimum atomic E-state index is -0.495. The molecular formula is C16H15ClFN3O3S. The number of thiazole rings is 1. The molecule has 132 valence electrons. The first kappa shape index (κ1) is 17.8. The first-order valence-corrected chi connectivity index (χ1v) is 8.76. The van der Waals surface area contributed by atoms with E-state index in [0.717, 1.165) is 0 Å². The van der Waals surface area contributed by atoms with Gasteiger partial charge in [0.1, 0.15) is 12.4 Å². The number of carbonyl (C=O) groups excluding carboxylic acids is 2. The van der Waals surface area contributed by atoms with Gasteiger partial charge in [0.05, 0.1) is 16.8 Å². The highest BCUT2D eigenvalue weighted by atomic mass is 35.5. The Kier molecular flexibility index (Phi) is 5.31. The molecule has 0 unspecified atom stereocenters. The highest BCUT2D eigenvalue weighted by Crippen LogP contribution is 2.28. The molecule has 25 heavy (non-hydrogen) atoms. The van der Waals surface area contributed by atoms with Gasteiger partial charge in [-0.15, -0.1) is 11.3 Å². The summed E-state index contributed by atoms with van der Waals surface area (Å²) in [4.78, 5) is 28.9. The van der Waals surface area contributed by atoms with Crippen molar-refractivity contribution >= 4 is 39.9 Å². The van der Waals surface area contributed by atoms with Crippen LogP contribution in [0.15, 0.2) is 23.6 Å². The van der Waals surface area contributed by atoms with Crippen LogP contribution >= 0.6 is 22.9 Å². The topological polar surface area (TPSA) is 71.5 Å². The summed E-state index contributed by atoms with van der Waals surface area (Å²) in [6.07, 6.45) is -0.108. The molecule has 2 aromatic rings. The van der Waals surface area contributed by atoms with Crippen LogP contribution in [-0.2, 0) is 14.3 Å². The number of hydrogen-bond acceptors (Lipinski definition) is 5. The molecule has 1 fully saturated rings. The average Bonchev–Trinajstić information content (AvgIpc) is 2.96. The van der Waals surface area contributed by atoms with E-state index in [2.05, 4.69) is 10.3 Å². The normalized spacial score (nSPS) is 14.3. The Labute approximate surface area is 152 Å². The second-order valence-electron chi connectivity index (χ2n) is 5.57. The number of carbonyl (C=O) groups is 2. The SMILES string of the molecule is CC(=O)N1CC(OCC(=O)Nc2nc(-c3ccc(F)c(Cl)c3)cs2)C1. The summed E-state index contributed by atoms with van der Waals surface area (Å²) in [5.41, 5.74) is 1.26. The van der Waals surface area contributed by atoms with Crippen molar-refractivity contribution in [1.29, 1.82) is 0 Å². The second-order valence-corrected chi connectivity index (χ2v) is 6.84. The Hall–Kier alpha value is -2.03. The molecule has 1 aliphatic heterocycles. The largest absolute Gasteiger partial charge is 0.365 e. The Morgan fingerprint density at radius 3 is 2.92 bits per heavy atom. The monoisotopic (exact) mass is 383 g/mol. The zero-order valence-corrected chi connectivity index (χ0v) is 14.9. The molecule has 0 spiro atoms. The van der Waals surface area contributed by atoms with Crippen LogP contribution in [0.3, 0.4) is 0 Å². The van der Waals surface area contributed by atoms with Crippen LogP contribution in [-0.4, -0.2) is 47.5 Å². The zero-order chi connectivity index (χ0) is 18.0. The molecule has 1 N–H and O–H groups in total. The van der Waals surface area contributed by atoms with Gasteiger partial charge in [-0.1, -0.05) is 11.6 Å². The lowest BCUT2D eigenvalue weighted by Crippen LogP contribution is -2.54. The standard InChI is InChI=1S/C16H15ClFN3O3S/c1-9(22)21-5-11(6-21)24-7-15(23)20-16-19-14(8-25-16)10-2-3-13(18)12(17)4-10/h2-4,8,11H,5-7H2,1H3,(H,19,20,23). The van der Waals surface area contributed by atoms with Gasteiger partial charge in [0.25, 0.3) is 5.91 Å². The highest BCUT2D eigenvalue weighted by Gasteiger charge is 2.29. The maximum absolute atomic E-state index is 13.2. The molecule has 0 atom stereocenters. The van der Waals surface area contributed by atoms with Crippen LogP contribution in [0.1, 0.15) is 6.92 Å². The number of ether oxygens (including phenoxy) is 1. The van der Waals surface area contributed by atoms with Crippen LogP contribution in [0.2, 0.25) is 5.02 Å². The average molecular weight is 384 g/mol. The molecule has 1 aliphatic rings. The molecule has 2 heterocycles. The van der Waals surface area contributed by atoms with Crippen molar-refractivity contribution in [2.75, 3.05) is 25.0 Å². The van der Waals surface area contributed by atoms with E-state index in [1.165, 1.54) is 30.4 Å². The summed E-state index contributed by atoms with van der Waals surface area (Å²) in [5.74, 6) is -0.814. The van der Waals surface area contributed by atoms with Crippen LogP contribution in [0.25, 0.3) is 11.3 Å². The van der Waals surface area contributed by atoms with Crippen LogP contribution < -0.4 is 5.32 Å². The minimum absolute atomic E-state index is 0.000475. The molecule has 1 aromatic carbocycles. The molecule has 3 rings (SSSR count). The molecule has 9 heteroatoms. The van der Waals surface area contributed by atoms with Gasteiger partial charge in [-0.05, 0) is 18.2 Å². The van der Waals surface area contributed by atoms with Crippen LogP contribution in [0.5, 0.6) is 0 Å². The molecule has 2 amide bonds. The smallest absolute Gasteiger partial charge is 0.252 e. The van der Waals surface area contributed by atoms with Gasteiger partial charge in [-0.3, -0.25) is 14.9 Å². The minimum Gasteiger partial charge on any atom is -0.365 e. The van der Waals surface area contributed by atoms with Gasteiger partial charge in [0.2, 0.25) is 5.91 Å². The fourth-order valence-electron chi connectivity index (χ4n) is 2.27. The first-order chi connectivity index (χ1) is 11.9. The number of hydrogen-bond donors (Lipinski definition) is 1. The Balaban J connectivity index is 1.50. The van der Waals surface area contributed by atoms with E-state index >= 15 is 0 Å². The molecule has 1 aromatic heterocycles. The summed E-state index contributed by atoms with van der Waals surface area (Å²) in [5, 5.41) is 4.84. The summed E-state index contributed by atoms with van der Waals surface area (Å²) in [6.45, 7) is 2.41. The third-order valence-electron chi connectivity index (χ3n) is 3.71. The van der Waals surface area contributed by atoms with E-state index in [9.17, 15) is 14.0 Å². The van der Waals surface area contributed by atoms with Gasteiger partial charge >= 0.3 is 0 Å². The number of likely N-dealkylation sites (tertiary alicyclic amines) is 1. The molecule has 0 radical (unpaired) electrons. The lowest BCUT2D eigenvalue weighted by atomic mass is 10.2. The molecule has 0 saturated carbocycles. The van der Waals surface area contributed by atoms with E-state index in [1.807, 2.05) is 0 Å². The van der Waals surface area contributed by atoms with E-state index < -0.39 is 5.82 Å². The van der Waals surface area contributed by atoms with Crippen molar-refractivity contribution in [3.8, 4) is 11.3 Å². The lowest BCUT2D eigenvalue weighted by Gasteiger charge is -2.37. The summed E-state index contributed by atoms with van der Waals surface area (Å²) in [6, 6.07) is 4.33. The number of benzene rings is 1. The summed E-state index contributed by atoms with van der Waals surface area (Å²) < 4.78 is 18.6. The first-order valence-electron chi connectivity index (χ1n) is 7.50. The number of halogens is 2. The molecule has 6 nitrogen and oxygen atoms in total. The number of aromatic nitrogens is 1. The van der Waals surface area contributed by atoms with Crippen molar-refractivity contribution < 1.29 is 18.7 Å². The Morgan fingerprint density at radius 2 is 2.24 bits per heavy atom. The van der Waals surface area contributed by atoms with Gasteiger partial charge in [-0.2, -0.15) is 0 Å². The number of amides is 2. The van der Waals surface area contributed by atoms with Crippen LogP contribution in [0.4, 0.5) is 9.52 Å². The van der Waals surface area contributed by atoms with Gasteiger partial charge in [-0.25, -0.2) is 9.37 Å². The number of nitrogens with zero attached hydrogens (tertiary/aromatic N) is 2. The Bertz CT molecular complexity index is 808. The predicted octanol–water partition coefficient (Wildman–Crippen LogP) is 2.79. The molecule has 0 bridgehead atoms. The van der Waals surface area contributed by atoms with E-state index in [0.29, 0.717) is 29.5 Å². The van der Waals surface area contributed by atoms with E-state index in [1.54, 1.807) is 16.3 Å². The van der Waals surface area contributed by atoms with Crippen molar-refractivity contribution in [1.82, 2.24) is 9.88 Å². The second kappa shape index (κ2) is 7.47. The Morgan fingerprint density at radius 1 is 1.48 bits per heavy atom. The van der Waals surface area contributed by atoms with Gasteiger partial charge in [0, 0.05) is 31.0 Å². The van der Waals surface area contributed by atoms with Crippen molar-refractivity contribution in [3.63, 3.8) is 0 Å². The van der Waals surface area contributed by atoms with E-state index in [-0.39, 0.29) is 29.5 Å². The maximum atomic E-state index is 13.2. The predicted molar refractivity (Wildman–Crippen MR) is 93.1 cm³/mol. The van der Waals surface area contributed by atoms with Gasteiger partial charge in [0.15, 0.2) is 5.13 Å². The molecule has 0 aliphatic carbocycles. The maximum Gasteiger partial charge on any atom is 0.252 e. The number of anilines is 1. The quantitative estimate of drug-likeness (QED) is 0.861. The summed E-state index contributed by atoms with van der Waals surface area (Å²) in [7, 11) is 0. The molecule has 1 saturated heterocycles. The lowest BCUT2D eigenvalue weighted by molar-refractivity contribution is -0.144. The van der Waals surface area contributed by atoms with Crippen molar-refractivity contribution in [2.24, 2.45) is 0 Å². The highest BCUT2D eigenvalue weighted by molar-refractivity contribution is 7.14. The fourth-order valence-corrected chi connectivity index (χ4v) is 3.19. The third kappa shape index (κ3) is 4.33. The fraction of sp³-hybridized carbons (Fsp3) is 0.312. The molecular weight excluding hydrogens is 369 g/mol.